The maximum Gasteiger partial charge on any atom is 0.289 e. The Hall–Kier alpha value is -2.34. The molecule has 0 saturated carbocycles. The number of aliphatic hydroxyl groups excluding tert-OH is 1. The van der Waals surface area contributed by atoms with E-state index >= 15 is 0 Å². The third kappa shape index (κ3) is 1.77. The van der Waals surface area contributed by atoms with E-state index in [9.17, 15) is 14.7 Å². The largest absolute Gasteiger partial charge is 0.503 e. The van der Waals surface area contributed by atoms with Crippen LogP contribution in [0.15, 0.2) is 51.7 Å². The summed E-state index contributed by atoms with van der Waals surface area (Å²) in [6.45, 7) is 0. The summed E-state index contributed by atoms with van der Waals surface area (Å²) in [7, 11) is 1.56. The molecule has 1 aliphatic rings. The predicted molar refractivity (Wildman–Crippen MR) is 72.5 cm³/mol. The van der Waals surface area contributed by atoms with E-state index in [0.717, 1.165) is 4.88 Å². The van der Waals surface area contributed by atoms with Crippen molar-refractivity contribution in [2.45, 2.75) is 6.04 Å². The molecule has 0 radical (unpaired) electrons. The molecule has 5 nitrogen and oxygen atoms in total. The number of carbonyl (C=O) groups excluding carboxylic acids is 2. The van der Waals surface area contributed by atoms with Gasteiger partial charge in [-0.2, -0.15) is 0 Å². The molecule has 6 heteroatoms. The second kappa shape index (κ2) is 4.64. The maximum atomic E-state index is 12.4. The summed E-state index contributed by atoms with van der Waals surface area (Å²) in [6.07, 6.45) is 1.38. The van der Waals surface area contributed by atoms with E-state index in [1.54, 1.807) is 13.1 Å². The Morgan fingerprint density at radius 1 is 1.40 bits per heavy atom. The molecule has 1 aliphatic heterocycles. The fourth-order valence-electron chi connectivity index (χ4n) is 2.27. The molecule has 0 spiro atoms. The Morgan fingerprint density at radius 2 is 2.20 bits per heavy atom. The molecule has 2 aromatic heterocycles. The first-order chi connectivity index (χ1) is 9.61. The molecule has 0 aromatic carbocycles. The number of Topliss-reactive ketones (excluding diaryl/α,β-unsaturated/α-hetero) is 1. The minimum Gasteiger partial charge on any atom is -0.503 e. The first kappa shape index (κ1) is 12.7. The Balaban J connectivity index is 2.10. The van der Waals surface area contributed by atoms with Crippen LogP contribution in [0, 0.1) is 0 Å². The van der Waals surface area contributed by atoms with Crippen molar-refractivity contribution in [3.63, 3.8) is 0 Å². The van der Waals surface area contributed by atoms with Gasteiger partial charge < -0.3 is 14.4 Å². The Bertz CT molecular complexity index is 685. The zero-order valence-electron chi connectivity index (χ0n) is 10.6. The van der Waals surface area contributed by atoms with Crippen LogP contribution in [0.25, 0.3) is 0 Å². The monoisotopic (exact) mass is 289 g/mol. The number of hydrogen-bond acceptors (Lipinski definition) is 5. The van der Waals surface area contributed by atoms with Crippen molar-refractivity contribution >= 4 is 23.0 Å². The van der Waals surface area contributed by atoms with Crippen LogP contribution in [0.4, 0.5) is 0 Å². The van der Waals surface area contributed by atoms with Gasteiger partial charge in [0, 0.05) is 11.9 Å². The van der Waals surface area contributed by atoms with E-state index in [1.807, 2.05) is 17.5 Å². The van der Waals surface area contributed by atoms with Gasteiger partial charge in [0.2, 0.25) is 5.78 Å². The van der Waals surface area contributed by atoms with Crippen LogP contribution in [-0.4, -0.2) is 28.7 Å². The van der Waals surface area contributed by atoms with Gasteiger partial charge >= 0.3 is 0 Å². The topological polar surface area (TPSA) is 70.8 Å². The SMILES string of the molecule is CN1C(=O)C(O)=C(C(=O)c2ccco2)C1c1cccs1. The van der Waals surface area contributed by atoms with Crippen LogP contribution in [0.5, 0.6) is 0 Å². The van der Waals surface area contributed by atoms with Gasteiger partial charge in [-0.15, -0.1) is 11.3 Å². The molecule has 102 valence electrons. The van der Waals surface area contributed by atoms with Crippen LogP contribution in [0.2, 0.25) is 0 Å². The zero-order valence-corrected chi connectivity index (χ0v) is 11.4. The van der Waals surface area contributed by atoms with E-state index < -0.39 is 23.5 Å². The second-order valence-corrected chi connectivity index (χ2v) is 5.38. The summed E-state index contributed by atoms with van der Waals surface area (Å²) in [5, 5.41) is 11.9. The summed E-state index contributed by atoms with van der Waals surface area (Å²) in [5.41, 5.74) is 0.0647. The van der Waals surface area contributed by atoms with E-state index in [2.05, 4.69) is 0 Å². The standard InChI is InChI=1S/C14H11NO4S/c1-15-11(9-5-3-7-20-9)10(13(17)14(15)18)12(16)8-4-2-6-19-8/h2-7,11,17H,1H3. The Labute approximate surface area is 118 Å². The van der Waals surface area contributed by atoms with Gasteiger partial charge in [-0.1, -0.05) is 6.07 Å². The van der Waals surface area contributed by atoms with Crippen molar-refractivity contribution in [1.29, 1.82) is 0 Å². The highest BCUT2D eigenvalue weighted by atomic mass is 32.1. The molecule has 1 unspecified atom stereocenters. The molecule has 0 saturated heterocycles. The summed E-state index contributed by atoms with van der Waals surface area (Å²) < 4.78 is 5.07. The normalized spacial score (nSPS) is 18.9. The summed E-state index contributed by atoms with van der Waals surface area (Å²) in [6, 6.07) is 6.19. The molecule has 1 N–H and O–H groups in total. The van der Waals surface area contributed by atoms with Crippen LogP contribution < -0.4 is 0 Å². The molecule has 0 bridgehead atoms. The fraction of sp³-hybridized carbons (Fsp3) is 0.143. The molecular formula is C14H11NO4S. The molecule has 1 atom stereocenters. The third-order valence-corrected chi connectivity index (χ3v) is 4.17. The molecule has 3 rings (SSSR count). The number of rotatable bonds is 3. The van der Waals surface area contributed by atoms with E-state index in [4.69, 9.17) is 4.42 Å². The number of likely N-dealkylation sites (N-methyl/N-ethyl adjacent to an activating group) is 1. The summed E-state index contributed by atoms with van der Waals surface area (Å²) in [5.74, 6) is -1.43. The molecule has 20 heavy (non-hydrogen) atoms. The van der Waals surface area contributed by atoms with Gasteiger partial charge in [0.1, 0.15) is 0 Å². The lowest BCUT2D eigenvalue weighted by atomic mass is 10.0. The first-order valence-electron chi connectivity index (χ1n) is 5.93. The van der Waals surface area contributed by atoms with E-state index in [-0.39, 0.29) is 11.3 Å². The van der Waals surface area contributed by atoms with Crippen molar-refractivity contribution in [1.82, 2.24) is 4.90 Å². The zero-order chi connectivity index (χ0) is 14.3. The molecule has 2 aromatic rings. The van der Waals surface area contributed by atoms with E-state index in [1.165, 1.54) is 28.6 Å². The van der Waals surface area contributed by atoms with Crippen molar-refractivity contribution in [3.8, 4) is 0 Å². The second-order valence-electron chi connectivity index (χ2n) is 4.40. The van der Waals surface area contributed by atoms with Gasteiger partial charge in [-0.3, -0.25) is 9.59 Å². The van der Waals surface area contributed by atoms with Crippen molar-refractivity contribution in [2.75, 3.05) is 7.05 Å². The van der Waals surface area contributed by atoms with Gasteiger partial charge in [0.05, 0.1) is 17.9 Å². The highest BCUT2D eigenvalue weighted by Gasteiger charge is 2.42. The lowest BCUT2D eigenvalue weighted by molar-refractivity contribution is -0.128. The van der Waals surface area contributed by atoms with Gasteiger partial charge in [-0.25, -0.2) is 0 Å². The lowest BCUT2D eigenvalue weighted by Gasteiger charge is -2.20. The minimum absolute atomic E-state index is 0.0647. The highest BCUT2D eigenvalue weighted by molar-refractivity contribution is 7.10. The van der Waals surface area contributed by atoms with Crippen LogP contribution >= 0.6 is 11.3 Å². The minimum atomic E-state index is -0.569. The summed E-state index contributed by atoms with van der Waals surface area (Å²) in [4.78, 5) is 26.5. The van der Waals surface area contributed by atoms with Crippen LogP contribution in [0.1, 0.15) is 21.5 Å². The van der Waals surface area contributed by atoms with Gasteiger partial charge in [0.25, 0.3) is 5.91 Å². The molecule has 3 heterocycles. The summed E-state index contributed by atoms with van der Waals surface area (Å²) >= 11 is 1.42. The number of amides is 1. The van der Waals surface area contributed by atoms with Gasteiger partial charge in [0.15, 0.2) is 11.5 Å². The van der Waals surface area contributed by atoms with Crippen LogP contribution in [-0.2, 0) is 4.79 Å². The maximum absolute atomic E-state index is 12.4. The Kier molecular flexibility index (Phi) is 2.94. The van der Waals surface area contributed by atoms with Crippen molar-refractivity contribution < 1.29 is 19.1 Å². The molecule has 0 fully saturated rings. The molecular weight excluding hydrogens is 278 g/mol. The first-order valence-corrected chi connectivity index (χ1v) is 6.81. The van der Waals surface area contributed by atoms with Gasteiger partial charge in [-0.05, 0) is 23.6 Å². The number of ketones is 1. The van der Waals surface area contributed by atoms with E-state index in [0.29, 0.717) is 0 Å². The number of aliphatic hydroxyl groups is 1. The quantitative estimate of drug-likeness (QED) is 0.881. The average Bonchev–Trinajstić information content (AvgIpc) is 3.15. The van der Waals surface area contributed by atoms with Crippen molar-refractivity contribution in [3.05, 3.63) is 57.9 Å². The fourth-order valence-corrected chi connectivity index (χ4v) is 3.15. The predicted octanol–water partition coefficient (Wildman–Crippen LogP) is 2.55. The number of nitrogens with zero attached hydrogens (tertiary/aromatic N) is 1. The van der Waals surface area contributed by atoms with Crippen molar-refractivity contribution in [2.24, 2.45) is 0 Å². The molecule has 1 amide bonds. The molecule has 0 aliphatic carbocycles. The smallest absolute Gasteiger partial charge is 0.289 e. The highest BCUT2D eigenvalue weighted by Crippen LogP contribution is 2.39. The third-order valence-electron chi connectivity index (χ3n) is 3.24. The number of thiophene rings is 1. The number of carbonyl (C=O) groups is 2. The number of hydrogen-bond donors (Lipinski definition) is 1. The lowest BCUT2D eigenvalue weighted by Crippen LogP contribution is -2.26. The average molecular weight is 289 g/mol. The Morgan fingerprint density at radius 3 is 2.80 bits per heavy atom. The van der Waals surface area contributed by atoms with Crippen LogP contribution in [0.3, 0.4) is 0 Å². The number of furan rings is 1.